The molecule has 2 aromatic heterocycles. The molecular weight excluding hydrogens is 404 g/mol. The zero-order valence-electron chi connectivity index (χ0n) is 14.8. The fourth-order valence-corrected chi connectivity index (χ4v) is 3.89. The lowest BCUT2D eigenvalue weighted by molar-refractivity contribution is -0.673. The average molecular weight is 421 g/mol. The van der Waals surface area contributed by atoms with Crippen LogP contribution in [-0.4, -0.2) is 17.6 Å². The van der Waals surface area contributed by atoms with E-state index < -0.39 is 0 Å². The molecule has 134 valence electrons. The van der Waals surface area contributed by atoms with Crippen molar-refractivity contribution >= 4 is 27.6 Å². The summed E-state index contributed by atoms with van der Waals surface area (Å²) in [5.41, 5.74) is 5.24. The fourth-order valence-electron chi connectivity index (χ4n) is 3.89. The molecule has 0 atom stereocenters. The van der Waals surface area contributed by atoms with Crippen molar-refractivity contribution in [1.82, 2.24) is 4.98 Å². The van der Waals surface area contributed by atoms with Gasteiger partial charge < -0.3 is 21.7 Å². The van der Waals surface area contributed by atoms with Crippen LogP contribution in [0.3, 0.4) is 0 Å². The Labute approximate surface area is 167 Å². The Bertz CT molecular complexity index is 1200. The number of rotatable bonds is 3. The van der Waals surface area contributed by atoms with E-state index in [1.165, 1.54) is 0 Å². The summed E-state index contributed by atoms with van der Waals surface area (Å²) in [7, 11) is 0. The summed E-state index contributed by atoms with van der Waals surface area (Å²) in [4.78, 5) is 17.0. The van der Waals surface area contributed by atoms with Crippen LogP contribution in [0.1, 0.15) is 6.92 Å². The Balaban J connectivity index is 0.00000180. The Kier molecular flexibility index (Phi) is 4.40. The van der Waals surface area contributed by atoms with Gasteiger partial charge in [-0.3, -0.25) is 0 Å². The topological polar surface area (TPSA) is 43.1 Å². The van der Waals surface area contributed by atoms with Crippen LogP contribution >= 0.6 is 0 Å². The summed E-state index contributed by atoms with van der Waals surface area (Å²) in [6, 6.07) is 18.5. The molecule has 1 aliphatic carbocycles. The number of pyridine rings is 2. The number of esters is 1. The van der Waals surface area contributed by atoms with Gasteiger partial charge in [-0.2, -0.15) is 4.57 Å². The molecular formula is C22H17BrN2O2. The summed E-state index contributed by atoms with van der Waals surface area (Å²) >= 11 is 0. The van der Waals surface area contributed by atoms with E-state index in [-0.39, 0.29) is 29.5 Å². The van der Waals surface area contributed by atoms with E-state index in [1.54, 1.807) is 0 Å². The van der Waals surface area contributed by atoms with Gasteiger partial charge in [0.2, 0.25) is 12.2 Å². The van der Waals surface area contributed by atoms with Crippen molar-refractivity contribution in [2.45, 2.75) is 13.5 Å². The number of carbonyl (C=O) groups is 1. The van der Waals surface area contributed by atoms with Gasteiger partial charge in [-0.15, -0.1) is 0 Å². The predicted octanol–water partition coefficient (Wildman–Crippen LogP) is 0.890. The Morgan fingerprint density at radius 1 is 1.00 bits per heavy atom. The first-order valence-corrected chi connectivity index (χ1v) is 8.78. The first-order valence-electron chi connectivity index (χ1n) is 8.78. The molecule has 27 heavy (non-hydrogen) atoms. The second-order valence-corrected chi connectivity index (χ2v) is 6.41. The highest BCUT2D eigenvalue weighted by molar-refractivity contribution is 6.19. The zero-order chi connectivity index (χ0) is 17.7. The minimum absolute atomic E-state index is 0. The number of benzene rings is 2. The second-order valence-electron chi connectivity index (χ2n) is 6.41. The van der Waals surface area contributed by atoms with Crippen LogP contribution in [-0.2, 0) is 16.1 Å². The van der Waals surface area contributed by atoms with Gasteiger partial charge in [0.15, 0.2) is 6.20 Å². The van der Waals surface area contributed by atoms with Gasteiger partial charge in [-0.25, -0.2) is 9.78 Å². The Morgan fingerprint density at radius 3 is 2.56 bits per heavy atom. The average Bonchev–Trinajstić information content (AvgIpc) is 2.99. The van der Waals surface area contributed by atoms with Crippen molar-refractivity contribution in [3.8, 4) is 22.5 Å². The van der Waals surface area contributed by atoms with Crippen molar-refractivity contribution in [3.63, 3.8) is 0 Å². The van der Waals surface area contributed by atoms with Crippen molar-refractivity contribution in [1.29, 1.82) is 0 Å². The lowest BCUT2D eigenvalue weighted by atomic mass is 10.1. The van der Waals surface area contributed by atoms with Gasteiger partial charge in [0.05, 0.1) is 28.8 Å². The SMILES string of the molecule is CCOC(=O)C[n+]1ccc2c3c(nc4ccccc42)-c2ccccc2-c31.[Br-]. The standard InChI is InChI=1S/C22H17N2O2.BrH/c1-2-26-19(25)13-24-12-11-15-14-7-5-6-10-18(14)23-21-16-8-3-4-9-17(16)22(24)20(15)21;/h3-12H,2,13H2,1H3;1H/q+1;/p-1. The first kappa shape index (κ1) is 17.6. The smallest absolute Gasteiger partial charge is 0.372 e. The predicted molar refractivity (Wildman–Crippen MR) is 101 cm³/mol. The lowest BCUT2D eigenvalue weighted by Crippen LogP contribution is -3.00. The van der Waals surface area contributed by atoms with Crippen molar-refractivity contribution in [3.05, 3.63) is 60.8 Å². The van der Waals surface area contributed by atoms with E-state index in [1.807, 2.05) is 48.0 Å². The van der Waals surface area contributed by atoms with E-state index in [2.05, 4.69) is 24.3 Å². The van der Waals surface area contributed by atoms with Crippen LogP contribution in [0.2, 0.25) is 0 Å². The summed E-state index contributed by atoms with van der Waals surface area (Å²) in [6.07, 6.45) is 1.98. The monoisotopic (exact) mass is 420 g/mol. The molecule has 5 heteroatoms. The zero-order valence-corrected chi connectivity index (χ0v) is 16.4. The van der Waals surface area contributed by atoms with E-state index in [0.29, 0.717) is 6.61 Å². The largest absolute Gasteiger partial charge is 1.00 e. The number of aromatic nitrogens is 2. The van der Waals surface area contributed by atoms with E-state index >= 15 is 0 Å². The number of halogens is 1. The van der Waals surface area contributed by atoms with Crippen LogP contribution in [0.5, 0.6) is 0 Å². The summed E-state index contributed by atoms with van der Waals surface area (Å²) in [5, 5.41) is 3.40. The maximum absolute atomic E-state index is 12.1. The molecule has 2 aromatic carbocycles. The Morgan fingerprint density at radius 2 is 1.74 bits per heavy atom. The number of carbonyl (C=O) groups excluding carboxylic acids is 1. The van der Waals surface area contributed by atoms with Gasteiger partial charge >= 0.3 is 5.97 Å². The quantitative estimate of drug-likeness (QED) is 0.247. The summed E-state index contributed by atoms with van der Waals surface area (Å²) in [6.45, 7) is 2.40. The molecule has 0 saturated heterocycles. The van der Waals surface area contributed by atoms with Crippen LogP contribution in [0.15, 0.2) is 60.8 Å². The normalized spacial score (nSPS) is 11.3. The molecule has 0 saturated carbocycles. The van der Waals surface area contributed by atoms with Gasteiger partial charge in [-0.05, 0) is 19.1 Å². The lowest BCUT2D eigenvalue weighted by Gasteiger charge is -2.07. The highest BCUT2D eigenvalue weighted by atomic mass is 79.9. The molecule has 4 nitrogen and oxygen atoms in total. The number of ether oxygens (including phenoxy) is 1. The van der Waals surface area contributed by atoms with Gasteiger partial charge in [-0.1, -0.05) is 36.4 Å². The van der Waals surface area contributed by atoms with Crippen LogP contribution in [0.25, 0.3) is 44.2 Å². The minimum atomic E-state index is -0.229. The first-order chi connectivity index (χ1) is 12.8. The fraction of sp³-hybridized carbons (Fsp3) is 0.136. The highest BCUT2D eigenvalue weighted by Crippen LogP contribution is 2.45. The maximum atomic E-state index is 12.1. The molecule has 5 rings (SSSR count). The molecule has 2 heterocycles. The summed E-state index contributed by atoms with van der Waals surface area (Å²) in [5.74, 6) is -0.229. The maximum Gasteiger partial charge on any atom is 0.372 e. The highest BCUT2D eigenvalue weighted by Gasteiger charge is 2.32. The second kappa shape index (κ2) is 6.74. The van der Waals surface area contributed by atoms with Gasteiger partial charge in [0.1, 0.15) is 0 Å². The molecule has 1 aliphatic rings. The van der Waals surface area contributed by atoms with Crippen LogP contribution in [0.4, 0.5) is 0 Å². The van der Waals surface area contributed by atoms with Crippen LogP contribution < -0.4 is 21.5 Å². The number of fused-ring (bicyclic) bond motifs is 5. The molecule has 4 aromatic rings. The molecule has 0 fully saturated rings. The van der Waals surface area contributed by atoms with Crippen molar-refractivity contribution < 1.29 is 31.1 Å². The number of hydrogen-bond acceptors (Lipinski definition) is 3. The van der Waals surface area contributed by atoms with E-state index in [0.717, 1.165) is 44.2 Å². The molecule has 0 amide bonds. The van der Waals surface area contributed by atoms with E-state index in [9.17, 15) is 4.79 Å². The van der Waals surface area contributed by atoms with Gasteiger partial charge in [0, 0.05) is 22.4 Å². The Hall–Kier alpha value is -2.79. The van der Waals surface area contributed by atoms with Gasteiger partial charge in [0.25, 0.3) is 0 Å². The molecule has 0 radical (unpaired) electrons. The minimum Gasteiger partial charge on any atom is -1.00 e. The molecule has 0 spiro atoms. The molecule has 0 aliphatic heterocycles. The third kappa shape index (κ3) is 2.61. The number of hydrogen-bond donors (Lipinski definition) is 0. The van der Waals surface area contributed by atoms with Crippen molar-refractivity contribution in [2.75, 3.05) is 6.61 Å². The van der Waals surface area contributed by atoms with Crippen molar-refractivity contribution in [2.24, 2.45) is 0 Å². The number of nitrogens with zero attached hydrogens (tertiary/aromatic N) is 2. The molecule has 0 bridgehead atoms. The third-order valence-corrected chi connectivity index (χ3v) is 4.92. The summed E-state index contributed by atoms with van der Waals surface area (Å²) < 4.78 is 7.14. The number of para-hydroxylation sites is 1. The molecule has 0 N–H and O–H groups in total. The van der Waals surface area contributed by atoms with Crippen LogP contribution in [0, 0.1) is 0 Å². The van der Waals surface area contributed by atoms with E-state index in [4.69, 9.17) is 9.72 Å². The molecule has 0 unspecified atom stereocenters. The third-order valence-electron chi connectivity index (χ3n) is 4.92.